The molecule has 0 aromatic heterocycles. The fourth-order valence-corrected chi connectivity index (χ4v) is 0.655. The molecule has 0 spiro atoms. The van der Waals surface area contributed by atoms with Crippen LogP contribution in [-0.4, -0.2) is 38.3 Å². The molecule has 0 aromatic rings. The molecule has 4 heteroatoms. The van der Waals surface area contributed by atoms with Crippen LogP contribution in [0, 0.1) is 10.8 Å². The van der Waals surface area contributed by atoms with Gasteiger partial charge >= 0.3 is 0 Å². The van der Waals surface area contributed by atoms with Gasteiger partial charge in [-0.2, -0.15) is 0 Å². The van der Waals surface area contributed by atoms with Crippen molar-refractivity contribution in [3.05, 3.63) is 0 Å². The largest absolute Gasteiger partial charge is 0.379 e. The van der Waals surface area contributed by atoms with Crippen molar-refractivity contribution in [2.24, 2.45) is 0 Å². The molecule has 0 aliphatic carbocycles. The number of hydrogen-bond acceptors (Lipinski definition) is 4. The Morgan fingerprint density at radius 2 is 1.67 bits per heavy atom. The molecule has 0 amide bonds. The fraction of sp³-hybridized carbons (Fsp3) is 1.00. The monoisotopic (exact) mass is 129 g/mol. The van der Waals surface area contributed by atoms with Crippen LogP contribution in [0.15, 0.2) is 0 Å². The third-order valence-electron chi connectivity index (χ3n) is 1.23. The lowest BCUT2D eigenvalue weighted by molar-refractivity contribution is 0.0503. The molecule has 1 heterocycles. The van der Waals surface area contributed by atoms with Gasteiger partial charge in [0.15, 0.2) is 0 Å². The molecule has 1 rings (SSSR count). The quantitative estimate of drug-likeness (QED) is 0.431. The Balaban J connectivity index is 0.000000291. The summed E-state index contributed by atoms with van der Waals surface area (Å²) in [7, 11) is 2.11. The minimum atomic E-state index is 0.913. The van der Waals surface area contributed by atoms with Gasteiger partial charge in [0.25, 0.3) is 0 Å². The smallest absolute Gasteiger partial charge is 0.0594 e. The highest BCUT2D eigenvalue weighted by molar-refractivity contribution is 4.53. The molecule has 0 N–H and O–H groups in total. The summed E-state index contributed by atoms with van der Waals surface area (Å²) in [5, 5.41) is 12.0. The minimum absolute atomic E-state index is 0.913. The van der Waals surface area contributed by atoms with Gasteiger partial charge in [-0.1, -0.05) is 0 Å². The Bertz CT molecular complexity index is 77.5. The van der Waals surface area contributed by atoms with E-state index in [2.05, 4.69) is 11.9 Å². The van der Waals surface area contributed by atoms with Crippen LogP contribution in [0.3, 0.4) is 0 Å². The summed E-state index contributed by atoms with van der Waals surface area (Å²) in [5.74, 6) is 0. The van der Waals surface area contributed by atoms with Crippen molar-refractivity contribution in [3.63, 3.8) is 0 Å². The van der Waals surface area contributed by atoms with Gasteiger partial charge in [0.05, 0.1) is 13.2 Å². The normalized spacial score (nSPS) is 19.9. The minimum Gasteiger partial charge on any atom is -0.379 e. The molecular formula is C5H11N3O. The number of hydrogen-bond donors (Lipinski definition) is 0. The molecule has 4 nitrogen and oxygen atoms in total. The van der Waals surface area contributed by atoms with E-state index in [0.29, 0.717) is 0 Å². The number of rotatable bonds is 0. The molecule has 52 valence electrons. The average Bonchev–Trinajstić information content (AvgIpc) is 1.94. The SMILES string of the molecule is CN1CCOCC1.N#N. The summed E-state index contributed by atoms with van der Waals surface area (Å²) < 4.78 is 5.10. The van der Waals surface area contributed by atoms with Gasteiger partial charge in [-0.25, -0.2) is 0 Å². The Morgan fingerprint density at radius 3 is 1.89 bits per heavy atom. The zero-order valence-corrected chi connectivity index (χ0v) is 5.58. The summed E-state index contributed by atoms with van der Waals surface area (Å²) in [4.78, 5) is 2.27. The third kappa shape index (κ3) is 3.88. The van der Waals surface area contributed by atoms with Gasteiger partial charge in [-0.3, -0.25) is 0 Å². The number of morpholine rings is 1. The first-order chi connectivity index (χ1) is 4.39. The lowest BCUT2D eigenvalue weighted by atomic mass is 10.5. The Kier molecular flexibility index (Phi) is 5.07. The second kappa shape index (κ2) is 5.48. The first kappa shape index (κ1) is 8.34. The maximum Gasteiger partial charge on any atom is 0.0594 e. The van der Waals surface area contributed by atoms with E-state index in [-0.39, 0.29) is 0 Å². The van der Waals surface area contributed by atoms with Gasteiger partial charge in [0.1, 0.15) is 0 Å². The van der Waals surface area contributed by atoms with Crippen molar-refractivity contribution in [1.82, 2.24) is 4.90 Å². The van der Waals surface area contributed by atoms with Crippen LogP contribution >= 0.6 is 0 Å². The van der Waals surface area contributed by atoms with E-state index in [4.69, 9.17) is 15.5 Å². The highest BCUT2D eigenvalue weighted by atomic mass is 16.5. The summed E-state index contributed by atoms with van der Waals surface area (Å²) in [5.41, 5.74) is 0. The zero-order valence-electron chi connectivity index (χ0n) is 5.58. The van der Waals surface area contributed by atoms with E-state index >= 15 is 0 Å². The van der Waals surface area contributed by atoms with E-state index in [1.165, 1.54) is 0 Å². The van der Waals surface area contributed by atoms with Crippen LogP contribution in [0.25, 0.3) is 0 Å². The van der Waals surface area contributed by atoms with Gasteiger partial charge in [-0.15, -0.1) is 0 Å². The standard InChI is InChI=1S/C5H11NO.N2/c1-6-2-4-7-5-3-6;1-2/h2-5H2,1H3;. The zero-order chi connectivity index (χ0) is 7.11. The molecule has 0 bridgehead atoms. The van der Waals surface area contributed by atoms with Gasteiger partial charge < -0.3 is 9.64 Å². The highest BCUT2D eigenvalue weighted by Gasteiger charge is 2.02. The van der Waals surface area contributed by atoms with Crippen molar-refractivity contribution < 1.29 is 4.74 Å². The predicted octanol–water partition coefficient (Wildman–Crippen LogP) is -0.0214. The summed E-state index contributed by atoms with van der Waals surface area (Å²) >= 11 is 0. The second-order valence-corrected chi connectivity index (χ2v) is 1.92. The summed E-state index contributed by atoms with van der Waals surface area (Å²) in [6.07, 6.45) is 0. The molecule has 1 saturated heterocycles. The second-order valence-electron chi connectivity index (χ2n) is 1.92. The summed E-state index contributed by atoms with van der Waals surface area (Å²) in [6, 6.07) is 0. The molecule has 0 atom stereocenters. The molecule has 0 saturated carbocycles. The fourth-order valence-electron chi connectivity index (χ4n) is 0.655. The van der Waals surface area contributed by atoms with Crippen LogP contribution in [0.1, 0.15) is 0 Å². The lowest BCUT2D eigenvalue weighted by Gasteiger charge is -2.21. The molecule has 1 aliphatic rings. The van der Waals surface area contributed by atoms with Gasteiger partial charge in [-0.05, 0) is 7.05 Å². The van der Waals surface area contributed by atoms with E-state index in [9.17, 15) is 0 Å². The van der Waals surface area contributed by atoms with Crippen LogP contribution in [-0.2, 0) is 4.74 Å². The van der Waals surface area contributed by atoms with Crippen LogP contribution in [0.2, 0.25) is 0 Å². The number of likely N-dealkylation sites (N-methyl/N-ethyl adjacent to an activating group) is 1. The van der Waals surface area contributed by atoms with Crippen molar-refractivity contribution in [2.45, 2.75) is 0 Å². The number of ether oxygens (including phenoxy) is 1. The third-order valence-corrected chi connectivity index (χ3v) is 1.23. The lowest BCUT2D eigenvalue weighted by Crippen LogP contribution is -2.32. The van der Waals surface area contributed by atoms with Crippen molar-refractivity contribution in [3.8, 4) is 0 Å². The average molecular weight is 129 g/mol. The van der Waals surface area contributed by atoms with E-state index in [0.717, 1.165) is 26.3 Å². The maximum absolute atomic E-state index is 6.00. The van der Waals surface area contributed by atoms with Crippen molar-refractivity contribution in [2.75, 3.05) is 33.4 Å². The van der Waals surface area contributed by atoms with E-state index in [1.54, 1.807) is 0 Å². The van der Waals surface area contributed by atoms with Crippen LogP contribution < -0.4 is 0 Å². The topological polar surface area (TPSA) is 60.0 Å². The molecular weight excluding hydrogens is 118 g/mol. The molecule has 9 heavy (non-hydrogen) atoms. The van der Waals surface area contributed by atoms with E-state index in [1.807, 2.05) is 0 Å². The highest BCUT2D eigenvalue weighted by Crippen LogP contribution is 1.89. The number of nitrogens with zero attached hydrogens (tertiary/aromatic N) is 3. The van der Waals surface area contributed by atoms with Gasteiger partial charge in [0.2, 0.25) is 0 Å². The van der Waals surface area contributed by atoms with E-state index < -0.39 is 0 Å². The molecule has 1 fully saturated rings. The Labute approximate surface area is 54.8 Å². The Hall–Kier alpha value is -0.660. The maximum atomic E-state index is 6.00. The molecule has 0 unspecified atom stereocenters. The van der Waals surface area contributed by atoms with Gasteiger partial charge in [0, 0.05) is 23.9 Å². The first-order valence-corrected chi connectivity index (χ1v) is 2.86. The molecule has 0 aromatic carbocycles. The molecule has 0 radical (unpaired) electrons. The molecule has 1 aliphatic heterocycles. The van der Waals surface area contributed by atoms with Crippen molar-refractivity contribution >= 4 is 0 Å². The predicted molar refractivity (Wildman–Crippen MR) is 31.8 cm³/mol. The van der Waals surface area contributed by atoms with Crippen LogP contribution in [0.4, 0.5) is 0 Å². The van der Waals surface area contributed by atoms with Crippen LogP contribution in [0.5, 0.6) is 0 Å². The summed E-state index contributed by atoms with van der Waals surface area (Å²) in [6.45, 7) is 4.02. The first-order valence-electron chi connectivity index (χ1n) is 2.86. The Morgan fingerprint density at radius 1 is 1.22 bits per heavy atom. The van der Waals surface area contributed by atoms with Crippen molar-refractivity contribution in [1.29, 1.82) is 10.8 Å².